The Balaban J connectivity index is 1.78. The summed E-state index contributed by atoms with van der Waals surface area (Å²) in [5.74, 6) is 0.271. The van der Waals surface area contributed by atoms with Crippen molar-refractivity contribution in [3.63, 3.8) is 0 Å². The Morgan fingerprint density at radius 3 is 2.38 bits per heavy atom. The highest BCUT2D eigenvalue weighted by molar-refractivity contribution is 7.99. The zero-order valence-corrected chi connectivity index (χ0v) is 15.3. The molecule has 0 aliphatic carbocycles. The third-order valence-electron chi connectivity index (χ3n) is 3.61. The van der Waals surface area contributed by atoms with Crippen LogP contribution in [0.15, 0.2) is 48.5 Å². The third kappa shape index (κ3) is 6.16. The second-order valence-corrected chi connectivity index (χ2v) is 6.68. The number of likely N-dealkylation sites (N-methyl/N-ethyl adjacent to an activating group) is 1. The summed E-state index contributed by atoms with van der Waals surface area (Å²) in [5, 5.41) is 11.6. The number of hydrogen-bond donors (Lipinski definition) is 2. The molecule has 0 radical (unpaired) electrons. The smallest absolute Gasteiger partial charge is 0.253 e. The number of aliphatic hydroxyl groups is 1. The van der Waals surface area contributed by atoms with Gasteiger partial charge in [0.1, 0.15) is 5.82 Å². The molecule has 0 fully saturated rings. The lowest BCUT2D eigenvalue weighted by Crippen LogP contribution is -2.29. The summed E-state index contributed by atoms with van der Waals surface area (Å²) in [7, 11) is 1.64. The van der Waals surface area contributed by atoms with Gasteiger partial charge in [-0.15, -0.1) is 11.8 Å². The van der Waals surface area contributed by atoms with Crippen LogP contribution in [0.2, 0.25) is 0 Å². The van der Waals surface area contributed by atoms with Gasteiger partial charge >= 0.3 is 0 Å². The SMILES string of the molecule is CN(CCO)C(=O)c1ccc(CSCC(=O)Nc2ccc(F)cc2)cc1. The minimum atomic E-state index is -0.346. The van der Waals surface area contributed by atoms with Crippen molar-refractivity contribution in [2.24, 2.45) is 0 Å². The van der Waals surface area contributed by atoms with Crippen molar-refractivity contribution in [2.45, 2.75) is 5.75 Å². The molecular weight excluding hydrogens is 355 g/mol. The standard InChI is InChI=1S/C19H21FN2O3S/c1-22(10-11-23)19(25)15-4-2-14(3-5-15)12-26-13-18(24)21-17-8-6-16(20)7-9-17/h2-9,23H,10-13H2,1H3,(H,21,24). The van der Waals surface area contributed by atoms with Gasteiger partial charge < -0.3 is 15.3 Å². The van der Waals surface area contributed by atoms with Crippen LogP contribution >= 0.6 is 11.8 Å². The molecular formula is C19H21FN2O3S. The second-order valence-electron chi connectivity index (χ2n) is 5.70. The maximum Gasteiger partial charge on any atom is 0.253 e. The summed E-state index contributed by atoms with van der Waals surface area (Å²) >= 11 is 1.45. The van der Waals surface area contributed by atoms with Gasteiger partial charge in [0.15, 0.2) is 0 Å². The zero-order chi connectivity index (χ0) is 18.9. The molecule has 0 aliphatic rings. The van der Waals surface area contributed by atoms with E-state index in [-0.39, 0.29) is 30.0 Å². The van der Waals surface area contributed by atoms with Crippen LogP contribution in [0.5, 0.6) is 0 Å². The fourth-order valence-corrected chi connectivity index (χ4v) is 3.00. The van der Waals surface area contributed by atoms with Crippen molar-refractivity contribution in [1.29, 1.82) is 0 Å². The van der Waals surface area contributed by atoms with Crippen LogP contribution < -0.4 is 5.32 Å². The third-order valence-corrected chi connectivity index (χ3v) is 4.62. The average Bonchev–Trinajstić information content (AvgIpc) is 2.64. The number of nitrogens with one attached hydrogen (secondary N) is 1. The summed E-state index contributed by atoms with van der Waals surface area (Å²) in [6, 6.07) is 12.8. The predicted octanol–water partition coefficient (Wildman–Crippen LogP) is 2.76. The highest BCUT2D eigenvalue weighted by atomic mass is 32.2. The molecule has 0 bridgehead atoms. The van der Waals surface area contributed by atoms with Gasteiger partial charge in [-0.2, -0.15) is 0 Å². The molecule has 5 nitrogen and oxygen atoms in total. The molecule has 0 spiro atoms. The van der Waals surface area contributed by atoms with Crippen LogP contribution in [0.4, 0.5) is 10.1 Å². The Hall–Kier alpha value is -2.38. The number of rotatable bonds is 8. The quantitative estimate of drug-likeness (QED) is 0.743. The minimum Gasteiger partial charge on any atom is -0.395 e. The topological polar surface area (TPSA) is 69.6 Å². The molecule has 0 atom stereocenters. The predicted molar refractivity (Wildman–Crippen MR) is 102 cm³/mol. The van der Waals surface area contributed by atoms with Crippen molar-refractivity contribution in [1.82, 2.24) is 4.90 Å². The Morgan fingerprint density at radius 1 is 1.12 bits per heavy atom. The summed E-state index contributed by atoms with van der Waals surface area (Å²) < 4.78 is 12.8. The molecule has 0 aromatic heterocycles. The normalized spacial score (nSPS) is 10.4. The van der Waals surface area contributed by atoms with E-state index in [2.05, 4.69) is 5.32 Å². The summed E-state index contributed by atoms with van der Waals surface area (Å²) in [6.07, 6.45) is 0. The first kappa shape index (κ1) is 19.9. The van der Waals surface area contributed by atoms with Crippen LogP contribution in [0.1, 0.15) is 15.9 Å². The van der Waals surface area contributed by atoms with Gasteiger partial charge in [-0.1, -0.05) is 12.1 Å². The molecule has 0 heterocycles. The van der Waals surface area contributed by atoms with Crippen molar-refractivity contribution < 1.29 is 19.1 Å². The summed E-state index contributed by atoms with van der Waals surface area (Å²) in [4.78, 5) is 25.4. The first-order valence-corrected chi connectivity index (χ1v) is 9.23. The molecule has 2 aromatic rings. The Labute approximate surface area is 156 Å². The van der Waals surface area contributed by atoms with Gasteiger partial charge in [0.2, 0.25) is 5.91 Å². The van der Waals surface area contributed by atoms with Crippen molar-refractivity contribution in [3.8, 4) is 0 Å². The van der Waals surface area contributed by atoms with Gasteiger partial charge in [0.25, 0.3) is 5.91 Å². The monoisotopic (exact) mass is 376 g/mol. The molecule has 2 N–H and O–H groups in total. The van der Waals surface area contributed by atoms with E-state index in [0.717, 1.165) is 5.56 Å². The number of aliphatic hydroxyl groups excluding tert-OH is 1. The van der Waals surface area contributed by atoms with E-state index in [4.69, 9.17) is 5.11 Å². The number of benzene rings is 2. The number of hydrogen-bond acceptors (Lipinski definition) is 4. The van der Waals surface area contributed by atoms with Gasteiger partial charge in [-0.3, -0.25) is 9.59 Å². The molecule has 138 valence electrons. The summed E-state index contributed by atoms with van der Waals surface area (Å²) in [6.45, 7) is 0.219. The molecule has 0 saturated heterocycles. The zero-order valence-electron chi connectivity index (χ0n) is 14.4. The van der Waals surface area contributed by atoms with E-state index in [1.807, 2.05) is 12.1 Å². The van der Waals surface area contributed by atoms with E-state index in [9.17, 15) is 14.0 Å². The van der Waals surface area contributed by atoms with E-state index in [1.54, 1.807) is 19.2 Å². The van der Waals surface area contributed by atoms with Crippen LogP contribution in [0, 0.1) is 5.82 Å². The Kier molecular flexibility index (Phi) is 7.62. The van der Waals surface area contributed by atoms with Crippen LogP contribution in [-0.2, 0) is 10.5 Å². The molecule has 2 amide bonds. The number of carbonyl (C=O) groups is 2. The van der Waals surface area contributed by atoms with Crippen LogP contribution in [0.25, 0.3) is 0 Å². The van der Waals surface area contributed by atoms with Crippen LogP contribution in [-0.4, -0.2) is 47.8 Å². The number of anilines is 1. The number of amides is 2. The Morgan fingerprint density at radius 2 is 1.77 bits per heavy atom. The molecule has 2 rings (SSSR count). The molecule has 7 heteroatoms. The number of thioether (sulfide) groups is 1. The summed E-state index contributed by atoms with van der Waals surface area (Å²) in [5.41, 5.74) is 2.13. The number of nitrogens with zero attached hydrogens (tertiary/aromatic N) is 1. The van der Waals surface area contributed by atoms with Crippen molar-refractivity contribution in [3.05, 3.63) is 65.5 Å². The highest BCUT2D eigenvalue weighted by Gasteiger charge is 2.11. The van der Waals surface area contributed by atoms with Gasteiger partial charge in [-0.05, 0) is 42.0 Å². The fraction of sp³-hybridized carbons (Fsp3) is 0.263. The fourth-order valence-electron chi connectivity index (χ4n) is 2.21. The van der Waals surface area contributed by atoms with Gasteiger partial charge in [-0.25, -0.2) is 4.39 Å². The van der Waals surface area contributed by atoms with Crippen molar-refractivity contribution in [2.75, 3.05) is 31.3 Å². The second kappa shape index (κ2) is 9.94. The van der Waals surface area contributed by atoms with E-state index >= 15 is 0 Å². The maximum absolute atomic E-state index is 12.8. The van der Waals surface area contributed by atoms with E-state index < -0.39 is 0 Å². The molecule has 0 unspecified atom stereocenters. The first-order chi connectivity index (χ1) is 12.5. The molecule has 0 saturated carbocycles. The van der Waals surface area contributed by atoms with E-state index in [0.29, 0.717) is 23.5 Å². The number of halogens is 1. The largest absolute Gasteiger partial charge is 0.395 e. The van der Waals surface area contributed by atoms with Crippen LogP contribution in [0.3, 0.4) is 0 Å². The van der Waals surface area contributed by atoms with Crippen molar-refractivity contribution >= 4 is 29.3 Å². The maximum atomic E-state index is 12.8. The molecule has 2 aromatic carbocycles. The highest BCUT2D eigenvalue weighted by Crippen LogP contribution is 2.15. The first-order valence-electron chi connectivity index (χ1n) is 8.08. The molecule has 0 aliphatic heterocycles. The molecule has 26 heavy (non-hydrogen) atoms. The lowest BCUT2D eigenvalue weighted by atomic mass is 10.1. The van der Waals surface area contributed by atoms with Gasteiger partial charge in [0, 0.05) is 30.6 Å². The number of carbonyl (C=O) groups excluding carboxylic acids is 2. The lowest BCUT2D eigenvalue weighted by Gasteiger charge is -2.15. The Bertz CT molecular complexity index is 735. The lowest BCUT2D eigenvalue weighted by molar-refractivity contribution is -0.113. The average molecular weight is 376 g/mol. The minimum absolute atomic E-state index is 0.0725. The van der Waals surface area contributed by atoms with E-state index in [1.165, 1.54) is 40.9 Å². The van der Waals surface area contributed by atoms with Gasteiger partial charge in [0.05, 0.1) is 12.4 Å².